The Morgan fingerprint density at radius 3 is 2.67 bits per heavy atom. The Bertz CT molecular complexity index is 300. The predicted octanol–water partition coefficient (Wildman–Crippen LogP) is 1.88. The number of rotatable bonds is 4. The highest BCUT2D eigenvalue weighted by Gasteiger charge is 2.09. The van der Waals surface area contributed by atoms with E-state index in [2.05, 4.69) is 0 Å². The minimum absolute atomic E-state index is 0.110. The molecule has 4 heteroatoms. The van der Waals surface area contributed by atoms with Gasteiger partial charge in [0.2, 0.25) is 0 Å². The zero-order valence-electron chi connectivity index (χ0n) is 8.97. The van der Waals surface area contributed by atoms with E-state index in [9.17, 15) is 4.79 Å². The van der Waals surface area contributed by atoms with E-state index in [1.165, 1.54) is 7.48 Å². The highest BCUT2D eigenvalue weighted by molar-refractivity contribution is 6.48. The van der Waals surface area contributed by atoms with Crippen molar-refractivity contribution in [2.45, 2.75) is 26.4 Å². The summed E-state index contributed by atoms with van der Waals surface area (Å²) in [6.07, 6.45) is 0.00958. The number of hydrogen-bond donors (Lipinski definition) is 0. The number of carbonyl (C=O) groups excluding carboxylic acids is 1. The van der Waals surface area contributed by atoms with Gasteiger partial charge in [-0.2, -0.15) is 0 Å². The zero-order chi connectivity index (χ0) is 11.1. The second kappa shape index (κ2) is 6.12. The Balaban J connectivity index is 2.29. The number of hydrogen-bond acceptors (Lipinski definition) is 3. The van der Waals surface area contributed by atoms with Crippen molar-refractivity contribution < 1.29 is 14.2 Å². The standard InChI is InChI=1S/C11H14BO3/c1-3-9(2)14-11(13)15-12-10-7-5-4-6-8-10/h4-9H,3H2,1-2H3. The highest BCUT2D eigenvalue weighted by Crippen LogP contribution is 1.97. The summed E-state index contributed by atoms with van der Waals surface area (Å²) in [5.41, 5.74) is 0.832. The third-order valence-corrected chi connectivity index (χ3v) is 1.96. The van der Waals surface area contributed by atoms with Gasteiger partial charge in [-0.1, -0.05) is 37.3 Å². The largest absolute Gasteiger partial charge is 0.503 e. The minimum atomic E-state index is -0.659. The molecule has 0 aliphatic rings. The molecule has 0 saturated carbocycles. The van der Waals surface area contributed by atoms with Crippen LogP contribution in [0.5, 0.6) is 0 Å². The van der Waals surface area contributed by atoms with Crippen molar-refractivity contribution >= 4 is 19.1 Å². The lowest BCUT2D eigenvalue weighted by molar-refractivity contribution is 0.0660. The van der Waals surface area contributed by atoms with Crippen molar-refractivity contribution in [3.63, 3.8) is 0 Å². The van der Waals surface area contributed by atoms with Gasteiger partial charge in [-0.15, -0.1) is 0 Å². The molecular weight excluding hydrogens is 191 g/mol. The molecule has 0 bridgehead atoms. The molecule has 0 spiro atoms. The third-order valence-electron chi connectivity index (χ3n) is 1.96. The fraction of sp³-hybridized carbons (Fsp3) is 0.364. The van der Waals surface area contributed by atoms with E-state index in [1.807, 2.05) is 44.2 Å². The average molecular weight is 205 g/mol. The molecule has 1 aromatic carbocycles. The summed E-state index contributed by atoms with van der Waals surface area (Å²) in [7, 11) is 1.38. The Morgan fingerprint density at radius 1 is 1.40 bits per heavy atom. The van der Waals surface area contributed by atoms with Gasteiger partial charge in [-0.3, -0.25) is 0 Å². The van der Waals surface area contributed by atoms with Gasteiger partial charge in [-0.25, -0.2) is 4.79 Å². The lowest BCUT2D eigenvalue weighted by atomic mass is 9.88. The lowest BCUT2D eigenvalue weighted by Crippen LogP contribution is -2.23. The van der Waals surface area contributed by atoms with Gasteiger partial charge in [0.15, 0.2) is 0 Å². The summed E-state index contributed by atoms with van der Waals surface area (Å²) in [4.78, 5) is 11.1. The number of carbonyl (C=O) groups is 1. The summed E-state index contributed by atoms with van der Waals surface area (Å²) >= 11 is 0. The van der Waals surface area contributed by atoms with Crippen LogP contribution in [0.25, 0.3) is 0 Å². The van der Waals surface area contributed by atoms with E-state index < -0.39 is 6.16 Å². The van der Waals surface area contributed by atoms with Crippen LogP contribution in [-0.2, 0) is 9.39 Å². The summed E-state index contributed by atoms with van der Waals surface area (Å²) in [6.45, 7) is 3.77. The van der Waals surface area contributed by atoms with E-state index in [1.54, 1.807) is 0 Å². The third kappa shape index (κ3) is 4.54. The first kappa shape index (κ1) is 11.6. The first-order valence-corrected chi connectivity index (χ1v) is 4.98. The molecule has 0 amide bonds. The highest BCUT2D eigenvalue weighted by atomic mass is 16.7. The molecule has 0 saturated heterocycles. The van der Waals surface area contributed by atoms with E-state index in [-0.39, 0.29) is 6.10 Å². The van der Waals surface area contributed by atoms with Crippen molar-refractivity contribution in [2.75, 3.05) is 0 Å². The first-order valence-electron chi connectivity index (χ1n) is 4.98. The maximum Gasteiger partial charge on any atom is 0.490 e. The fourth-order valence-corrected chi connectivity index (χ4v) is 0.923. The van der Waals surface area contributed by atoms with Crippen LogP contribution in [-0.4, -0.2) is 19.7 Å². The molecule has 0 heterocycles. The summed E-state index contributed by atoms with van der Waals surface area (Å²) < 4.78 is 9.74. The molecule has 79 valence electrons. The molecule has 3 nitrogen and oxygen atoms in total. The number of benzene rings is 1. The van der Waals surface area contributed by atoms with Crippen LogP contribution in [0.15, 0.2) is 30.3 Å². The smallest absolute Gasteiger partial charge is 0.490 e. The lowest BCUT2D eigenvalue weighted by Gasteiger charge is -2.10. The maximum absolute atomic E-state index is 11.1. The fourth-order valence-electron chi connectivity index (χ4n) is 0.923. The van der Waals surface area contributed by atoms with Gasteiger partial charge >= 0.3 is 13.6 Å². The van der Waals surface area contributed by atoms with Crippen LogP contribution in [0.2, 0.25) is 0 Å². The van der Waals surface area contributed by atoms with Crippen molar-refractivity contribution in [3.8, 4) is 0 Å². The normalized spacial score (nSPS) is 11.6. The molecule has 0 aromatic heterocycles. The number of ether oxygens (including phenoxy) is 1. The Morgan fingerprint density at radius 2 is 2.07 bits per heavy atom. The van der Waals surface area contributed by atoms with E-state index >= 15 is 0 Å². The van der Waals surface area contributed by atoms with Gasteiger partial charge in [-0.05, 0) is 18.8 Å². The monoisotopic (exact) mass is 205 g/mol. The molecular formula is C11H14BO3. The molecule has 1 aromatic rings. The van der Waals surface area contributed by atoms with Crippen LogP contribution in [0, 0.1) is 0 Å². The molecule has 0 aliphatic carbocycles. The molecule has 1 atom stereocenters. The molecule has 1 rings (SSSR count). The van der Waals surface area contributed by atoms with Crippen LogP contribution in [0.3, 0.4) is 0 Å². The second-order valence-corrected chi connectivity index (χ2v) is 3.23. The minimum Gasteiger partial charge on any atom is -0.503 e. The molecule has 0 fully saturated rings. The summed E-state index contributed by atoms with van der Waals surface area (Å²) in [5.74, 6) is 0. The maximum atomic E-state index is 11.1. The SMILES string of the molecule is CCC(C)OC(=O)O[B]c1ccccc1. The summed E-state index contributed by atoms with van der Waals surface area (Å²) in [5, 5.41) is 0. The van der Waals surface area contributed by atoms with E-state index in [0.717, 1.165) is 11.9 Å². The van der Waals surface area contributed by atoms with Crippen molar-refractivity contribution in [1.82, 2.24) is 0 Å². The summed E-state index contributed by atoms with van der Waals surface area (Å²) in [6, 6.07) is 9.33. The molecule has 15 heavy (non-hydrogen) atoms. The van der Waals surface area contributed by atoms with Crippen molar-refractivity contribution in [2.24, 2.45) is 0 Å². The van der Waals surface area contributed by atoms with Crippen LogP contribution in [0.1, 0.15) is 20.3 Å². The van der Waals surface area contributed by atoms with Crippen LogP contribution < -0.4 is 5.46 Å². The second-order valence-electron chi connectivity index (χ2n) is 3.23. The van der Waals surface area contributed by atoms with Gasteiger partial charge in [0.05, 0.1) is 0 Å². The van der Waals surface area contributed by atoms with Gasteiger partial charge in [0.1, 0.15) is 6.10 Å². The first-order chi connectivity index (χ1) is 7.22. The zero-order valence-corrected chi connectivity index (χ0v) is 8.97. The van der Waals surface area contributed by atoms with Crippen molar-refractivity contribution in [3.05, 3.63) is 30.3 Å². The van der Waals surface area contributed by atoms with E-state index in [0.29, 0.717) is 0 Å². The van der Waals surface area contributed by atoms with E-state index in [4.69, 9.17) is 9.39 Å². The van der Waals surface area contributed by atoms with Gasteiger partial charge < -0.3 is 9.39 Å². The van der Waals surface area contributed by atoms with Gasteiger partial charge in [0, 0.05) is 0 Å². The Kier molecular flexibility index (Phi) is 4.74. The molecule has 1 unspecified atom stereocenters. The molecule has 0 aliphatic heterocycles. The van der Waals surface area contributed by atoms with Gasteiger partial charge in [0.25, 0.3) is 0 Å². The molecule has 1 radical (unpaired) electrons. The van der Waals surface area contributed by atoms with Crippen LogP contribution in [0.4, 0.5) is 4.79 Å². The quantitative estimate of drug-likeness (QED) is 0.556. The average Bonchev–Trinajstić information content (AvgIpc) is 2.27. The Labute approximate surface area is 90.7 Å². The van der Waals surface area contributed by atoms with Crippen molar-refractivity contribution in [1.29, 1.82) is 0 Å². The predicted molar refractivity (Wildman–Crippen MR) is 59.1 cm³/mol. The topological polar surface area (TPSA) is 35.5 Å². The van der Waals surface area contributed by atoms with Crippen LogP contribution >= 0.6 is 0 Å². The Hall–Kier alpha value is -1.45. The molecule has 0 N–H and O–H groups in total.